The Bertz CT molecular complexity index is 1240. The second kappa shape index (κ2) is 7.66. The van der Waals surface area contributed by atoms with Gasteiger partial charge in [0.2, 0.25) is 0 Å². The standard InChI is InChI=1S/C16H10Cl2N4O5S/c1-20-14(23)19-15(24)21(16(20)25)9-6-11(17)13(12(18)7-9)28-10-4-2-8(3-5-10)22(26)27/h2-7H,1H3,(H,19,23,24). The van der Waals surface area contributed by atoms with Crippen LogP contribution < -0.4 is 17.1 Å². The van der Waals surface area contributed by atoms with E-state index in [2.05, 4.69) is 0 Å². The molecule has 12 heteroatoms. The molecule has 3 rings (SSSR count). The highest BCUT2D eigenvalue weighted by Crippen LogP contribution is 2.40. The van der Waals surface area contributed by atoms with Crippen LogP contribution in [0, 0.1) is 10.1 Å². The van der Waals surface area contributed by atoms with Gasteiger partial charge in [-0.3, -0.25) is 15.1 Å². The highest BCUT2D eigenvalue weighted by atomic mass is 35.5. The Morgan fingerprint density at radius 3 is 2.14 bits per heavy atom. The molecule has 28 heavy (non-hydrogen) atoms. The maximum Gasteiger partial charge on any atom is 0.340 e. The second-order valence-corrected chi connectivity index (χ2v) is 7.40. The van der Waals surface area contributed by atoms with Crippen LogP contribution in [0.5, 0.6) is 0 Å². The van der Waals surface area contributed by atoms with E-state index in [9.17, 15) is 24.5 Å². The van der Waals surface area contributed by atoms with E-state index in [1.165, 1.54) is 31.3 Å². The van der Waals surface area contributed by atoms with Crippen molar-refractivity contribution in [2.75, 3.05) is 0 Å². The minimum Gasteiger partial charge on any atom is -0.258 e. The van der Waals surface area contributed by atoms with Gasteiger partial charge in [-0.15, -0.1) is 0 Å². The zero-order valence-corrected chi connectivity index (χ0v) is 16.3. The summed E-state index contributed by atoms with van der Waals surface area (Å²) in [6.45, 7) is 0. The minimum absolute atomic E-state index is 0.0508. The summed E-state index contributed by atoms with van der Waals surface area (Å²) in [4.78, 5) is 49.1. The number of nitrogens with zero attached hydrogens (tertiary/aromatic N) is 3. The third-order valence-electron chi connectivity index (χ3n) is 3.71. The molecule has 1 heterocycles. The van der Waals surface area contributed by atoms with Crippen LogP contribution in [0.3, 0.4) is 0 Å². The number of aromatic nitrogens is 3. The van der Waals surface area contributed by atoms with Gasteiger partial charge in [-0.2, -0.15) is 0 Å². The highest BCUT2D eigenvalue weighted by Gasteiger charge is 2.15. The van der Waals surface area contributed by atoms with Crippen molar-refractivity contribution in [1.82, 2.24) is 14.1 Å². The van der Waals surface area contributed by atoms with Crippen molar-refractivity contribution in [3.8, 4) is 5.69 Å². The lowest BCUT2D eigenvalue weighted by molar-refractivity contribution is -0.384. The number of nitrogens with one attached hydrogen (secondary N) is 1. The van der Waals surface area contributed by atoms with Crippen molar-refractivity contribution in [3.63, 3.8) is 0 Å². The lowest BCUT2D eigenvalue weighted by atomic mass is 10.3. The second-order valence-electron chi connectivity index (χ2n) is 5.50. The van der Waals surface area contributed by atoms with Gasteiger partial charge in [-0.25, -0.2) is 23.5 Å². The number of benzene rings is 2. The van der Waals surface area contributed by atoms with Gasteiger partial charge in [0.05, 0.1) is 20.7 Å². The summed E-state index contributed by atoms with van der Waals surface area (Å²) in [5.74, 6) is 0. The van der Waals surface area contributed by atoms with Crippen LogP contribution in [0.15, 0.2) is 60.6 Å². The average molecular weight is 441 g/mol. The third-order valence-corrected chi connectivity index (χ3v) is 5.68. The zero-order chi connectivity index (χ0) is 20.6. The Morgan fingerprint density at radius 1 is 1.04 bits per heavy atom. The molecule has 0 unspecified atom stereocenters. The predicted octanol–water partition coefficient (Wildman–Crippen LogP) is 2.59. The molecule has 0 atom stereocenters. The number of rotatable bonds is 4. The molecule has 0 spiro atoms. The van der Waals surface area contributed by atoms with Gasteiger partial charge in [-0.1, -0.05) is 35.0 Å². The summed E-state index contributed by atoms with van der Waals surface area (Å²) in [6.07, 6.45) is 0. The van der Waals surface area contributed by atoms with Crippen LogP contribution in [0.4, 0.5) is 5.69 Å². The van der Waals surface area contributed by atoms with E-state index in [-0.39, 0.29) is 21.4 Å². The molecule has 0 saturated heterocycles. The van der Waals surface area contributed by atoms with Gasteiger partial charge in [0.1, 0.15) is 0 Å². The Hall–Kier alpha value is -2.82. The first-order chi connectivity index (χ1) is 13.2. The Morgan fingerprint density at radius 2 is 1.61 bits per heavy atom. The summed E-state index contributed by atoms with van der Waals surface area (Å²) in [5, 5.41) is 11.0. The van der Waals surface area contributed by atoms with E-state index >= 15 is 0 Å². The molecule has 0 aliphatic carbocycles. The van der Waals surface area contributed by atoms with Crippen molar-refractivity contribution >= 4 is 40.7 Å². The summed E-state index contributed by atoms with van der Waals surface area (Å²) < 4.78 is 1.47. The lowest BCUT2D eigenvalue weighted by Crippen LogP contribution is -2.47. The van der Waals surface area contributed by atoms with E-state index in [0.717, 1.165) is 20.9 Å². The van der Waals surface area contributed by atoms with Crippen molar-refractivity contribution in [2.24, 2.45) is 7.05 Å². The number of aromatic amines is 1. The number of hydrogen-bond donors (Lipinski definition) is 1. The number of H-pyrrole nitrogens is 1. The largest absolute Gasteiger partial charge is 0.340 e. The number of non-ortho nitro benzene ring substituents is 1. The molecule has 144 valence electrons. The summed E-state index contributed by atoms with van der Waals surface area (Å²) in [5.41, 5.74) is -2.57. The fraction of sp³-hybridized carbons (Fsp3) is 0.0625. The van der Waals surface area contributed by atoms with Crippen molar-refractivity contribution in [2.45, 2.75) is 9.79 Å². The van der Waals surface area contributed by atoms with Gasteiger partial charge in [-0.05, 0) is 24.3 Å². The maximum atomic E-state index is 12.3. The normalized spacial score (nSPS) is 10.8. The molecule has 0 aliphatic rings. The van der Waals surface area contributed by atoms with Gasteiger partial charge in [0.15, 0.2) is 0 Å². The van der Waals surface area contributed by atoms with Gasteiger partial charge in [0, 0.05) is 29.0 Å². The van der Waals surface area contributed by atoms with Crippen molar-refractivity contribution in [1.29, 1.82) is 0 Å². The van der Waals surface area contributed by atoms with Crippen LogP contribution in [0.25, 0.3) is 5.69 Å². The van der Waals surface area contributed by atoms with Crippen LogP contribution in [0.2, 0.25) is 10.0 Å². The van der Waals surface area contributed by atoms with Gasteiger partial charge < -0.3 is 0 Å². The molecular weight excluding hydrogens is 431 g/mol. The zero-order valence-electron chi connectivity index (χ0n) is 14.0. The van der Waals surface area contributed by atoms with Crippen LogP contribution in [-0.2, 0) is 7.05 Å². The molecule has 9 nitrogen and oxygen atoms in total. The number of hydrogen-bond acceptors (Lipinski definition) is 6. The van der Waals surface area contributed by atoms with Crippen molar-refractivity contribution < 1.29 is 4.92 Å². The first-order valence-electron chi connectivity index (χ1n) is 7.53. The van der Waals surface area contributed by atoms with Gasteiger partial charge >= 0.3 is 17.1 Å². The van der Waals surface area contributed by atoms with E-state index < -0.39 is 22.0 Å². The van der Waals surface area contributed by atoms with Crippen LogP contribution >= 0.6 is 35.0 Å². The average Bonchev–Trinajstić information content (AvgIpc) is 2.63. The monoisotopic (exact) mass is 440 g/mol. The van der Waals surface area contributed by atoms with Gasteiger partial charge in [0.25, 0.3) is 5.69 Å². The molecule has 0 aliphatic heterocycles. The molecule has 1 aromatic heterocycles. The van der Waals surface area contributed by atoms with Crippen LogP contribution in [-0.4, -0.2) is 19.0 Å². The molecule has 0 bridgehead atoms. The molecule has 0 fully saturated rings. The SMILES string of the molecule is Cn1c(=O)[nH]c(=O)n(-c2cc(Cl)c(Sc3ccc([N+](=O)[O-])cc3)c(Cl)c2)c1=O. The quantitative estimate of drug-likeness (QED) is 0.491. The minimum atomic E-state index is -0.920. The molecule has 1 N–H and O–H groups in total. The number of nitro benzene ring substituents is 1. The van der Waals surface area contributed by atoms with E-state index in [0.29, 0.717) is 9.79 Å². The Kier molecular flexibility index (Phi) is 5.45. The fourth-order valence-corrected chi connectivity index (χ4v) is 3.84. The summed E-state index contributed by atoms with van der Waals surface area (Å²) in [7, 11) is 1.22. The smallest absolute Gasteiger partial charge is 0.258 e. The fourth-order valence-electron chi connectivity index (χ4n) is 2.31. The lowest BCUT2D eigenvalue weighted by Gasteiger charge is -2.11. The highest BCUT2D eigenvalue weighted by molar-refractivity contribution is 7.99. The number of halogens is 2. The Labute approximate surface area is 170 Å². The first kappa shape index (κ1) is 19.9. The Balaban J connectivity index is 2.04. The molecule has 0 radical (unpaired) electrons. The molecule has 0 saturated carbocycles. The first-order valence-corrected chi connectivity index (χ1v) is 9.10. The topological polar surface area (TPSA) is 120 Å². The van der Waals surface area contributed by atoms with E-state index in [1.807, 2.05) is 4.98 Å². The third kappa shape index (κ3) is 3.75. The molecule has 0 amide bonds. The maximum absolute atomic E-state index is 12.3. The molecule has 3 aromatic rings. The van der Waals surface area contributed by atoms with E-state index in [4.69, 9.17) is 23.2 Å². The number of nitro groups is 1. The van der Waals surface area contributed by atoms with E-state index in [1.54, 1.807) is 12.1 Å². The summed E-state index contributed by atoms with van der Waals surface area (Å²) >= 11 is 13.7. The predicted molar refractivity (Wildman–Crippen MR) is 105 cm³/mol. The van der Waals surface area contributed by atoms with Crippen molar-refractivity contribution in [3.05, 3.63) is 88.0 Å². The summed E-state index contributed by atoms with van der Waals surface area (Å²) in [6, 6.07) is 8.52. The van der Waals surface area contributed by atoms with Crippen LogP contribution in [0.1, 0.15) is 0 Å². The molecule has 2 aromatic carbocycles. The molecular formula is C16H10Cl2N4O5S.